The Kier molecular flexibility index (Phi) is 11.1. The van der Waals surface area contributed by atoms with E-state index in [1.54, 1.807) is 0 Å². The van der Waals surface area contributed by atoms with Crippen molar-refractivity contribution in [3.63, 3.8) is 0 Å². The van der Waals surface area contributed by atoms with Crippen LogP contribution in [0.5, 0.6) is 0 Å². The first kappa shape index (κ1) is 14.0. The Morgan fingerprint density at radius 1 is 1.43 bits per heavy atom. The summed E-state index contributed by atoms with van der Waals surface area (Å²) < 4.78 is 5.36. The van der Waals surface area contributed by atoms with Crippen LogP contribution in [0.2, 0.25) is 0 Å². The fourth-order valence-electron chi connectivity index (χ4n) is 0.959. The highest BCUT2D eigenvalue weighted by molar-refractivity contribution is 7.99. The summed E-state index contributed by atoms with van der Waals surface area (Å²) in [5.74, 6) is 2.48. The van der Waals surface area contributed by atoms with Gasteiger partial charge < -0.3 is 10.1 Å². The number of ether oxygens (including phenoxy) is 1. The summed E-state index contributed by atoms with van der Waals surface area (Å²) in [5, 5.41) is 3.35. The van der Waals surface area contributed by atoms with Gasteiger partial charge in [-0.3, -0.25) is 0 Å². The molecule has 0 aromatic heterocycles. The van der Waals surface area contributed by atoms with Crippen LogP contribution in [0.4, 0.5) is 0 Å². The molecule has 0 spiro atoms. The number of hydrogen-bond donors (Lipinski definition) is 1. The van der Waals surface area contributed by atoms with E-state index in [9.17, 15) is 0 Å². The third kappa shape index (κ3) is 12.0. The zero-order valence-electron chi connectivity index (χ0n) is 9.47. The lowest BCUT2D eigenvalue weighted by atomic mass is 10.4. The average Bonchev–Trinajstić information content (AvgIpc) is 2.15. The number of thioether (sulfide) groups is 1. The van der Waals surface area contributed by atoms with Gasteiger partial charge in [-0.05, 0) is 31.4 Å². The predicted molar refractivity (Wildman–Crippen MR) is 66.1 cm³/mol. The molecule has 14 heavy (non-hydrogen) atoms. The van der Waals surface area contributed by atoms with Crippen molar-refractivity contribution in [3.05, 3.63) is 12.2 Å². The Balaban J connectivity index is 2.88. The molecule has 0 saturated carbocycles. The molecule has 0 fully saturated rings. The van der Waals surface area contributed by atoms with Gasteiger partial charge in [-0.15, -0.1) is 0 Å². The van der Waals surface area contributed by atoms with Crippen LogP contribution >= 0.6 is 11.8 Å². The van der Waals surface area contributed by atoms with Crippen LogP contribution in [0.25, 0.3) is 0 Å². The molecule has 0 radical (unpaired) electrons. The molecule has 84 valence electrons. The summed E-state index contributed by atoms with van der Waals surface area (Å²) in [5.41, 5.74) is 1.09. The second-order valence-electron chi connectivity index (χ2n) is 3.31. The van der Waals surface area contributed by atoms with Crippen LogP contribution in [-0.4, -0.2) is 37.8 Å². The molecule has 0 aromatic carbocycles. The first-order chi connectivity index (χ1) is 6.77. The van der Waals surface area contributed by atoms with Crippen LogP contribution in [-0.2, 0) is 4.74 Å². The molecular formula is C11H23NOS. The molecular weight excluding hydrogens is 194 g/mol. The highest BCUT2D eigenvalue weighted by Gasteiger charge is 1.90. The Bertz CT molecular complexity index is 139. The van der Waals surface area contributed by atoms with Crippen LogP contribution in [0.1, 0.15) is 20.3 Å². The van der Waals surface area contributed by atoms with Gasteiger partial charge in [0.05, 0.1) is 13.2 Å². The quantitative estimate of drug-likeness (QED) is 0.448. The first-order valence-electron chi connectivity index (χ1n) is 5.28. The van der Waals surface area contributed by atoms with Gasteiger partial charge in [-0.1, -0.05) is 19.1 Å². The zero-order valence-corrected chi connectivity index (χ0v) is 10.3. The second kappa shape index (κ2) is 11.1. The van der Waals surface area contributed by atoms with Gasteiger partial charge >= 0.3 is 0 Å². The molecule has 0 heterocycles. The highest BCUT2D eigenvalue weighted by Crippen LogP contribution is 1.99. The van der Waals surface area contributed by atoms with Crippen molar-refractivity contribution in [1.82, 2.24) is 5.32 Å². The van der Waals surface area contributed by atoms with Crippen molar-refractivity contribution in [2.45, 2.75) is 20.3 Å². The Labute approximate surface area is 92.5 Å². The van der Waals surface area contributed by atoms with Crippen molar-refractivity contribution in [3.8, 4) is 0 Å². The largest absolute Gasteiger partial charge is 0.376 e. The van der Waals surface area contributed by atoms with Gasteiger partial charge in [-0.25, -0.2) is 0 Å². The lowest BCUT2D eigenvalue weighted by molar-refractivity contribution is 0.158. The number of nitrogens with one attached hydrogen (secondary N) is 1. The van der Waals surface area contributed by atoms with Crippen molar-refractivity contribution in [2.24, 2.45) is 0 Å². The van der Waals surface area contributed by atoms with E-state index in [2.05, 4.69) is 18.8 Å². The van der Waals surface area contributed by atoms with Gasteiger partial charge in [0.25, 0.3) is 0 Å². The minimum Gasteiger partial charge on any atom is -0.376 e. The fourth-order valence-corrected chi connectivity index (χ4v) is 1.60. The van der Waals surface area contributed by atoms with Crippen LogP contribution < -0.4 is 5.32 Å². The molecule has 3 heteroatoms. The van der Waals surface area contributed by atoms with E-state index >= 15 is 0 Å². The van der Waals surface area contributed by atoms with Crippen LogP contribution in [0.15, 0.2) is 12.2 Å². The summed E-state index contributed by atoms with van der Waals surface area (Å²) >= 11 is 2.00. The van der Waals surface area contributed by atoms with Gasteiger partial charge in [0, 0.05) is 6.54 Å². The van der Waals surface area contributed by atoms with Crippen LogP contribution in [0.3, 0.4) is 0 Å². The van der Waals surface area contributed by atoms with Gasteiger partial charge in [-0.2, -0.15) is 11.8 Å². The molecule has 2 nitrogen and oxygen atoms in total. The summed E-state index contributed by atoms with van der Waals surface area (Å²) in [4.78, 5) is 0. The molecule has 0 rings (SSSR count). The molecule has 0 bridgehead atoms. The van der Waals surface area contributed by atoms with E-state index in [4.69, 9.17) is 4.74 Å². The molecule has 0 saturated heterocycles. The molecule has 0 aliphatic carbocycles. The standard InChI is InChI=1S/C11H23NOS/c1-4-14-9-5-6-12-7-8-13-10-11(2)3/h12H,2,4-10H2,1,3H3. The van der Waals surface area contributed by atoms with E-state index in [1.807, 2.05) is 18.7 Å². The number of hydrogen-bond acceptors (Lipinski definition) is 3. The maximum Gasteiger partial charge on any atom is 0.0672 e. The summed E-state index contributed by atoms with van der Waals surface area (Å²) in [6, 6.07) is 0. The lowest BCUT2D eigenvalue weighted by Crippen LogP contribution is -2.21. The maximum atomic E-state index is 5.36. The number of rotatable bonds is 10. The normalized spacial score (nSPS) is 10.4. The lowest BCUT2D eigenvalue weighted by Gasteiger charge is -2.05. The minimum absolute atomic E-state index is 0.688. The Morgan fingerprint density at radius 3 is 2.86 bits per heavy atom. The SMILES string of the molecule is C=C(C)COCCNCCCSCC. The van der Waals surface area contributed by atoms with Crippen LogP contribution in [0, 0.1) is 0 Å². The average molecular weight is 217 g/mol. The summed E-state index contributed by atoms with van der Waals surface area (Å²) in [6.07, 6.45) is 1.25. The van der Waals surface area contributed by atoms with E-state index in [0.717, 1.165) is 25.3 Å². The van der Waals surface area contributed by atoms with Gasteiger partial charge in [0.1, 0.15) is 0 Å². The first-order valence-corrected chi connectivity index (χ1v) is 6.43. The third-order valence-corrected chi connectivity index (χ3v) is 2.60. The molecule has 0 amide bonds. The fraction of sp³-hybridized carbons (Fsp3) is 0.818. The van der Waals surface area contributed by atoms with E-state index in [-0.39, 0.29) is 0 Å². The van der Waals surface area contributed by atoms with E-state index in [1.165, 1.54) is 17.9 Å². The molecule has 0 aromatic rings. The Morgan fingerprint density at radius 2 is 2.21 bits per heavy atom. The third-order valence-electron chi connectivity index (χ3n) is 1.62. The van der Waals surface area contributed by atoms with E-state index < -0.39 is 0 Å². The molecule has 0 aliphatic heterocycles. The van der Waals surface area contributed by atoms with Crippen molar-refractivity contribution in [2.75, 3.05) is 37.8 Å². The molecule has 0 aliphatic rings. The van der Waals surface area contributed by atoms with Gasteiger partial charge in [0.2, 0.25) is 0 Å². The molecule has 0 atom stereocenters. The van der Waals surface area contributed by atoms with Crippen molar-refractivity contribution in [1.29, 1.82) is 0 Å². The highest BCUT2D eigenvalue weighted by atomic mass is 32.2. The molecule has 0 unspecified atom stereocenters. The summed E-state index contributed by atoms with van der Waals surface area (Å²) in [7, 11) is 0. The minimum atomic E-state index is 0.688. The maximum absolute atomic E-state index is 5.36. The van der Waals surface area contributed by atoms with Gasteiger partial charge in [0.15, 0.2) is 0 Å². The predicted octanol–water partition coefficient (Wildman–Crippen LogP) is 2.31. The zero-order chi connectivity index (χ0) is 10.6. The summed E-state index contributed by atoms with van der Waals surface area (Å²) in [6.45, 7) is 11.5. The van der Waals surface area contributed by atoms with Crippen molar-refractivity contribution < 1.29 is 4.74 Å². The monoisotopic (exact) mass is 217 g/mol. The second-order valence-corrected chi connectivity index (χ2v) is 4.70. The van der Waals surface area contributed by atoms with E-state index in [0.29, 0.717) is 6.61 Å². The molecule has 1 N–H and O–H groups in total. The topological polar surface area (TPSA) is 21.3 Å². The Hall–Kier alpha value is 0.0100. The van der Waals surface area contributed by atoms with Crippen molar-refractivity contribution >= 4 is 11.8 Å². The smallest absolute Gasteiger partial charge is 0.0672 e.